The number of nitrogens with one attached hydrogen (secondary N) is 4. The van der Waals surface area contributed by atoms with Crippen LogP contribution in [0.15, 0.2) is 58.5 Å². The zero-order chi connectivity index (χ0) is 32.9. The molecule has 2 aromatic carbocycles. The number of unbranched alkanes of at least 4 members (excludes halogenated alkanes) is 1. The fourth-order valence-corrected chi connectivity index (χ4v) is 4.54. The van der Waals surface area contributed by atoms with Crippen LogP contribution in [0.5, 0.6) is 0 Å². The fourth-order valence-electron chi connectivity index (χ4n) is 3.50. The lowest BCUT2D eigenvalue weighted by Gasteiger charge is -2.25. The Morgan fingerprint density at radius 3 is 1.25 bits per heavy atom. The normalized spacial score (nSPS) is 13.9. The first-order valence-corrected chi connectivity index (χ1v) is 16.3. The maximum absolute atomic E-state index is 6.18. The highest BCUT2D eigenvalue weighted by Gasteiger charge is 2.35. The summed E-state index contributed by atoms with van der Waals surface area (Å²) in [5.41, 5.74) is 3.65. The summed E-state index contributed by atoms with van der Waals surface area (Å²) in [7, 11) is 2.99. The molecule has 0 saturated heterocycles. The summed E-state index contributed by atoms with van der Waals surface area (Å²) in [4.78, 5) is 8.90. The van der Waals surface area contributed by atoms with Gasteiger partial charge < -0.3 is 30.7 Å². The highest BCUT2D eigenvalue weighted by Crippen LogP contribution is 2.32. The van der Waals surface area contributed by atoms with Crippen molar-refractivity contribution in [1.82, 2.24) is 21.3 Å². The van der Waals surface area contributed by atoms with Gasteiger partial charge in [0.1, 0.15) is 0 Å². The molecule has 16 heteroatoms. The molecule has 2 unspecified atom stereocenters. The number of aliphatic imine (C=N–C) groups is 2. The molecule has 0 fully saturated rings. The highest BCUT2D eigenvalue weighted by molar-refractivity contribution is 7.80. The molecule has 0 aromatic heterocycles. The molecule has 44 heavy (non-hydrogen) atoms. The van der Waals surface area contributed by atoms with Crippen molar-refractivity contribution in [2.75, 3.05) is 27.3 Å². The average molecular weight is 763 g/mol. The Kier molecular flexibility index (Phi) is 16.3. The van der Waals surface area contributed by atoms with Crippen molar-refractivity contribution in [2.45, 2.75) is 46.6 Å². The molecule has 0 aliphatic heterocycles. The van der Waals surface area contributed by atoms with Crippen molar-refractivity contribution in [1.29, 1.82) is 0 Å². The van der Waals surface area contributed by atoms with Crippen molar-refractivity contribution < 1.29 is 9.47 Å². The molecule has 242 valence electrons. The molecule has 0 heterocycles. The van der Waals surface area contributed by atoms with Gasteiger partial charge in [-0.05, 0) is 75.4 Å². The Morgan fingerprint density at radius 2 is 0.977 bits per heavy atom. The van der Waals surface area contributed by atoms with Crippen LogP contribution < -0.4 is 21.3 Å². The molecular weight excluding hydrogens is 729 g/mol. The average Bonchev–Trinajstić information content (AvgIpc) is 2.95. The predicted molar refractivity (Wildman–Crippen MR) is 194 cm³/mol. The van der Waals surface area contributed by atoms with Gasteiger partial charge in [-0.1, -0.05) is 105 Å². The standard InChI is InChI=1S/C28H34Cl6N6O2S2/c1-17-7-11-19(12-8-17)21(41-3)37-23(27(29,30)31)39-25(43)35-15-5-6-16-36-26(44)40-24(28(32,33)34)38-22(42-4)20-13-9-18(2)10-14-20/h7-14,23-24H,5-6,15-16H2,1-4H3,(H2,35,39,43)(H2,36,40,44)/b37-21-,38-22-. The van der Waals surface area contributed by atoms with Crippen molar-refractivity contribution in [3.8, 4) is 0 Å². The van der Waals surface area contributed by atoms with E-state index in [1.54, 1.807) is 0 Å². The zero-order valence-corrected chi connectivity index (χ0v) is 30.6. The van der Waals surface area contributed by atoms with E-state index >= 15 is 0 Å². The monoisotopic (exact) mass is 760 g/mol. The summed E-state index contributed by atoms with van der Waals surface area (Å²) < 4.78 is 7.26. The largest absolute Gasteiger partial charge is 0.481 e. The highest BCUT2D eigenvalue weighted by atomic mass is 35.6. The number of ether oxygens (including phenoxy) is 2. The minimum atomic E-state index is -1.80. The van der Waals surface area contributed by atoms with Gasteiger partial charge in [-0.15, -0.1) is 0 Å². The first kappa shape index (κ1) is 38.7. The van der Waals surface area contributed by atoms with Crippen LogP contribution in [0.2, 0.25) is 0 Å². The summed E-state index contributed by atoms with van der Waals surface area (Å²) in [6, 6.07) is 15.2. The number of benzene rings is 2. The third-order valence-corrected chi connectivity index (χ3v) is 7.57. The summed E-state index contributed by atoms with van der Waals surface area (Å²) >= 11 is 47.9. The van der Waals surface area contributed by atoms with E-state index in [1.807, 2.05) is 62.4 Å². The number of alkyl halides is 6. The Hall–Kier alpha value is -1.50. The molecule has 0 bridgehead atoms. The molecule has 0 aliphatic rings. The van der Waals surface area contributed by atoms with Gasteiger partial charge in [0.05, 0.1) is 14.2 Å². The van der Waals surface area contributed by atoms with Gasteiger partial charge in [0.15, 0.2) is 22.6 Å². The van der Waals surface area contributed by atoms with Crippen molar-refractivity contribution >= 4 is 116 Å². The second-order valence-corrected chi connectivity index (χ2v) is 15.0. The van der Waals surface area contributed by atoms with Gasteiger partial charge in [0.2, 0.25) is 19.4 Å². The minimum Gasteiger partial charge on any atom is -0.481 e. The zero-order valence-electron chi connectivity index (χ0n) is 24.4. The van der Waals surface area contributed by atoms with Crippen molar-refractivity contribution in [3.05, 3.63) is 70.8 Å². The summed E-state index contributed by atoms with van der Waals surface area (Å²) in [5.74, 6) is 0.590. The maximum atomic E-state index is 6.18. The molecule has 0 saturated carbocycles. The van der Waals surface area contributed by atoms with Crippen LogP contribution in [0, 0.1) is 13.8 Å². The topological polar surface area (TPSA) is 91.3 Å². The van der Waals surface area contributed by atoms with E-state index in [-0.39, 0.29) is 10.2 Å². The van der Waals surface area contributed by atoms with Gasteiger partial charge in [-0.3, -0.25) is 0 Å². The van der Waals surface area contributed by atoms with Gasteiger partial charge in [0.25, 0.3) is 0 Å². The Morgan fingerprint density at radius 1 is 0.659 bits per heavy atom. The molecular formula is C28H34Cl6N6O2S2. The van der Waals surface area contributed by atoms with E-state index in [0.717, 1.165) is 35.1 Å². The maximum Gasteiger partial charge on any atom is 0.230 e. The summed E-state index contributed by atoms with van der Waals surface area (Å²) in [5, 5.41) is 12.6. The van der Waals surface area contributed by atoms with Crippen LogP contribution in [0.1, 0.15) is 35.1 Å². The Bertz CT molecular complexity index is 1190. The molecule has 0 amide bonds. The van der Waals surface area contributed by atoms with Crippen LogP contribution in [0.25, 0.3) is 0 Å². The number of aryl methyl sites for hydroxylation is 2. The van der Waals surface area contributed by atoms with E-state index in [0.29, 0.717) is 24.9 Å². The number of rotatable bonds is 11. The predicted octanol–water partition coefficient (Wildman–Crippen LogP) is 6.89. The fraction of sp³-hybridized carbons (Fsp3) is 0.429. The number of hydrogen-bond donors (Lipinski definition) is 4. The molecule has 2 atom stereocenters. The lowest BCUT2D eigenvalue weighted by atomic mass is 10.1. The second kappa shape index (κ2) is 18.6. The lowest BCUT2D eigenvalue weighted by Crippen LogP contribution is -2.48. The number of nitrogens with zero attached hydrogens (tertiary/aromatic N) is 2. The van der Waals surface area contributed by atoms with E-state index in [2.05, 4.69) is 31.3 Å². The van der Waals surface area contributed by atoms with Crippen LogP contribution in [0.3, 0.4) is 0 Å². The molecule has 0 aliphatic carbocycles. The quantitative estimate of drug-likeness (QED) is 0.0648. The molecule has 8 nitrogen and oxygen atoms in total. The number of hydrogen-bond acceptors (Lipinski definition) is 6. The summed E-state index contributed by atoms with van der Waals surface area (Å²) in [6.07, 6.45) is -0.544. The van der Waals surface area contributed by atoms with Gasteiger partial charge in [-0.25, -0.2) is 9.98 Å². The van der Waals surface area contributed by atoms with Crippen LogP contribution in [-0.4, -0.2) is 69.2 Å². The Balaban J connectivity index is 1.85. The smallest absolute Gasteiger partial charge is 0.230 e. The third-order valence-electron chi connectivity index (χ3n) is 5.81. The lowest BCUT2D eigenvalue weighted by molar-refractivity contribution is 0.397. The van der Waals surface area contributed by atoms with Gasteiger partial charge >= 0.3 is 0 Å². The van der Waals surface area contributed by atoms with Crippen molar-refractivity contribution in [3.63, 3.8) is 0 Å². The number of halogens is 6. The van der Waals surface area contributed by atoms with Gasteiger partial charge in [0, 0.05) is 24.2 Å². The Labute approximate surface area is 299 Å². The minimum absolute atomic E-state index is 0.264. The first-order chi connectivity index (χ1) is 20.6. The number of methoxy groups -OCH3 is 2. The third kappa shape index (κ3) is 13.9. The molecule has 0 radical (unpaired) electrons. The van der Waals surface area contributed by atoms with Gasteiger partial charge in [-0.2, -0.15) is 0 Å². The van der Waals surface area contributed by atoms with E-state index in [1.165, 1.54) is 14.2 Å². The van der Waals surface area contributed by atoms with Crippen LogP contribution >= 0.6 is 94.0 Å². The number of thiocarbonyl (C=S) groups is 2. The first-order valence-electron chi connectivity index (χ1n) is 13.2. The molecule has 0 spiro atoms. The van der Waals surface area contributed by atoms with E-state index in [9.17, 15) is 0 Å². The van der Waals surface area contributed by atoms with E-state index in [4.69, 9.17) is 104 Å². The molecule has 2 rings (SSSR count). The van der Waals surface area contributed by atoms with E-state index < -0.39 is 19.9 Å². The second-order valence-electron chi connectivity index (χ2n) is 9.40. The molecule has 4 N–H and O–H groups in total. The van der Waals surface area contributed by atoms with Crippen LogP contribution in [-0.2, 0) is 9.47 Å². The SMILES string of the molecule is CO/C(=N\C(NC(=S)NCCCCNC(=S)NC(/N=C(\OC)c1ccc(C)cc1)C(Cl)(Cl)Cl)C(Cl)(Cl)Cl)c1ccc(C)cc1. The molecule has 2 aromatic rings. The van der Waals surface area contributed by atoms with Crippen LogP contribution in [0.4, 0.5) is 0 Å². The summed E-state index contributed by atoms with van der Waals surface area (Å²) in [6.45, 7) is 5.03. The van der Waals surface area contributed by atoms with Crippen molar-refractivity contribution in [2.24, 2.45) is 9.98 Å².